The maximum atomic E-state index is 11.9. The van der Waals surface area contributed by atoms with Crippen molar-refractivity contribution in [3.05, 3.63) is 53.6 Å². The van der Waals surface area contributed by atoms with Crippen molar-refractivity contribution in [1.29, 1.82) is 0 Å². The van der Waals surface area contributed by atoms with E-state index >= 15 is 0 Å². The summed E-state index contributed by atoms with van der Waals surface area (Å²) in [6, 6.07) is 14.1. The number of aryl methyl sites for hydroxylation is 2. The summed E-state index contributed by atoms with van der Waals surface area (Å²) in [5, 5.41) is 2.89. The Morgan fingerprint density at radius 3 is 2.46 bits per heavy atom. The van der Waals surface area contributed by atoms with Crippen molar-refractivity contribution in [3.63, 3.8) is 0 Å². The van der Waals surface area contributed by atoms with Crippen molar-refractivity contribution in [3.8, 4) is 11.5 Å². The molecule has 2 rings (SSSR count). The van der Waals surface area contributed by atoms with Crippen molar-refractivity contribution >= 4 is 11.6 Å². The number of amides is 1. The summed E-state index contributed by atoms with van der Waals surface area (Å²) < 4.78 is 10.8. The highest BCUT2D eigenvalue weighted by molar-refractivity contribution is 5.77. The zero-order valence-corrected chi connectivity index (χ0v) is 16.0. The Labute approximate surface area is 155 Å². The summed E-state index contributed by atoms with van der Waals surface area (Å²) in [4.78, 5) is 14.0. The van der Waals surface area contributed by atoms with E-state index < -0.39 is 0 Å². The number of benzene rings is 2. The zero-order valence-electron chi connectivity index (χ0n) is 16.0. The number of methoxy groups -OCH3 is 1. The Morgan fingerprint density at radius 2 is 1.81 bits per heavy atom. The molecule has 5 heteroatoms. The third-order valence-electron chi connectivity index (χ3n) is 4.10. The van der Waals surface area contributed by atoms with E-state index in [0.29, 0.717) is 18.0 Å². The van der Waals surface area contributed by atoms with Crippen molar-refractivity contribution in [1.82, 2.24) is 5.32 Å². The molecule has 0 unspecified atom stereocenters. The summed E-state index contributed by atoms with van der Waals surface area (Å²) in [6.07, 6.45) is 1.82. The number of hydrogen-bond acceptors (Lipinski definition) is 4. The minimum Gasteiger partial charge on any atom is -0.493 e. The van der Waals surface area contributed by atoms with Crippen LogP contribution in [0.5, 0.6) is 11.5 Å². The fraction of sp³-hybridized carbons (Fsp3) is 0.381. The lowest BCUT2D eigenvalue weighted by Crippen LogP contribution is -2.30. The van der Waals surface area contributed by atoms with Crippen molar-refractivity contribution < 1.29 is 14.3 Å². The van der Waals surface area contributed by atoms with Gasteiger partial charge in [-0.1, -0.05) is 18.2 Å². The van der Waals surface area contributed by atoms with Gasteiger partial charge in [-0.3, -0.25) is 4.79 Å². The molecule has 0 spiro atoms. The Kier molecular flexibility index (Phi) is 7.33. The van der Waals surface area contributed by atoms with Crippen LogP contribution in [0.25, 0.3) is 0 Å². The fourth-order valence-corrected chi connectivity index (χ4v) is 2.57. The van der Waals surface area contributed by atoms with Crippen LogP contribution in [0.15, 0.2) is 42.5 Å². The monoisotopic (exact) mass is 356 g/mol. The Hall–Kier alpha value is -2.69. The van der Waals surface area contributed by atoms with Crippen molar-refractivity contribution in [2.45, 2.75) is 19.8 Å². The molecule has 0 aromatic heterocycles. The molecule has 0 fully saturated rings. The second kappa shape index (κ2) is 9.70. The molecule has 0 aliphatic rings. The second-order valence-electron chi connectivity index (χ2n) is 6.46. The summed E-state index contributed by atoms with van der Waals surface area (Å²) >= 11 is 0. The number of rotatable bonds is 9. The number of hydrogen-bond donors (Lipinski definition) is 1. The third-order valence-corrected chi connectivity index (χ3v) is 4.10. The summed E-state index contributed by atoms with van der Waals surface area (Å²) in [6.45, 7) is 2.59. The predicted molar refractivity (Wildman–Crippen MR) is 105 cm³/mol. The van der Waals surface area contributed by atoms with Crippen LogP contribution in [0.2, 0.25) is 0 Å². The SMILES string of the molecule is COc1cc(C)ccc1OCC(=O)NCCCc1ccc(N(C)C)cc1. The topological polar surface area (TPSA) is 50.8 Å². The molecule has 0 radical (unpaired) electrons. The first-order valence-corrected chi connectivity index (χ1v) is 8.80. The van der Waals surface area contributed by atoms with Gasteiger partial charge in [0.25, 0.3) is 5.91 Å². The van der Waals surface area contributed by atoms with Gasteiger partial charge < -0.3 is 19.7 Å². The number of anilines is 1. The summed E-state index contributed by atoms with van der Waals surface area (Å²) in [5.41, 5.74) is 3.54. The molecule has 0 aliphatic carbocycles. The Balaban J connectivity index is 1.69. The molecule has 0 bridgehead atoms. The summed E-state index contributed by atoms with van der Waals surface area (Å²) in [5.74, 6) is 1.09. The van der Waals surface area contributed by atoms with Crippen LogP contribution in [-0.2, 0) is 11.2 Å². The van der Waals surface area contributed by atoms with E-state index in [0.717, 1.165) is 18.4 Å². The van der Waals surface area contributed by atoms with Crippen LogP contribution in [0.3, 0.4) is 0 Å². The number of nitrogens with zero attached hydrogens (tertiary/aromatic N) is 1. The van der Waals surface area contributed by atoms with E-state index in [4.69, 9.17) is 9.47 Å². The van der Waals surface area contributed by atoms with E-state index in [1.807, 2.05) is 39.2 Å². The first-order chi connectivity index (χ1) is 12.5. The number of carbonyl (C=O) groups is 1. The molecule has 2 aromatic carbocycles. The van der Waals surface area contributed by atoms with Gasteiger partial charge in [0, 0.05) is 26.3 Å². The molecule has 2 aromatic rings. The van der Waals surface area contributed by atoms with Gasteiger partial charge in [0.2, 0.25) is 0 Å². The van der Waals surface area contributed by atoms with Gasteiger partial charge in [-0.2, -0.15) is 0 Å². The number of ether oxygens (including phenoxy) is 2. The molecule has 26 heavy (non-hydrogen) atoms. The largest absolute Gasteiger partial charge is 0.493 e. The van der Waals surface area contributed by atoms with Gasteiger partial charge in [-0.15, -0.1) is 0 Å². The van der Waals surface area contributed by atoms with Crippen LogP contribution in [0, 0.1) is 6.92 Å². The standard InChI is InChI=1S/C21H28N2O3/c1-16-7-12-19(20(14-16)25-4)26-15-21(24)22-13-5-6-17-8-10-18(11-9-17)23(2)3/h7-12,14H,5-6,13,15H2,1-4H3,(H,22,24). The fourth-order valence-electron chi connectivity index (χ4n) is 2.57. The molecule has 1 amide bonds. The highest BCUT2D eigenvalue weighted by Gasteiger charge is 2.07. The van der Waals surface area contributed by atoms with Gasteiger partial charge in [0.15, 0.2) is 18.1 Å². The lowest BCUT2D eigenvalue weighted by atomic mass is 10.1. The maximum absolute atomic E-state index is 11.9. The molecule has 0 saturated carbocycles. The molecule has 5 nitrogen and oxygen atoms in total. The van der Waals surface area contributed by atoms with Crippen LogP contribution in [-0.4, -0.2) is 40.3 Å². The summed E-state index contributed by atoms with van der Waals surface area (Å²) in [7, 11) is 5.64. The van der Waals surface area contributed by atoms with Crippen LogP contribution in [0.1, 0.15) is 17.5 Å². The molecule has 1 N–H and O–H groups in total. The minimum atomic E-state index is -0.129. The zero-order chi connectivity index (χ0) is 18.9. The van der Waals surface area contributed by atoms with Crippen molar-refractivity contribution in [2.24, 2.45) is 0 Å². The normalized spacial score (nSPS) is 10.3. The Bertz CT molecular complexity index is 712. The first kappa shape index (κ1) is 19.6. The van der Waals surface area contributed by atoms with E-state index in [1.165, 1.54) is 11.3 Å². The minimum absolute atomic E-state index is 0.0169. The maximum Gasteiger partial charge on any atom is 0.257 e. The van der Waals surface area contributed by atoms with Crippen molar-refractivity contribution in [2.75, 3.05) is 39.3 Å². The molecule has 140 valence electrons. The molecule has 0 saturated heterocycles. The molecular weight excluding hydrogens is 328 g/mol. The number of carbonyl (C=O) groups excluding carboxylic acids is 1. The number of nitrogens with one attached hydrogen (secondary N) is 1. The third kappa shape index (κ3) is 5.99. The lowest BCUT2D eigenvalue weighted by molar-refractivity contribution is -0.123. The highest BCUT2D eigenvalue weighted by atomic mass is 16.5. The smallest absolute Gasteiger partial charge is 0.257 e. The highest BCUT2D eigenvalue weighted by Crippen LogP contribution is 2.27. The predicted octanol–water partition coefficient (Wildman–Crippen LogP) is 3.20. The van der Waals surface area contributed by atoms with Gasteiger partial charge in [0.05, 0.1) is 7.11 Å². The van der Waals surface area contributed by atoms with E-state index in [1.54, 1.807) is 7.11 Å². The molecule has 0 heterocycles. The molecule has 0 atom stereocenters. The average Bonchev–Trinajstić information content (AvgIpc) is 2.64. The Morgan fingerprint density at radius 1 is 1.08 bits per heavy atom. The lowest BCUT2D eigenvalue weighted by Gasteiger charge is -2.13. The molecular formula is C21H28N2O3. The second-order valence-corrected chi connectivity index (χ2v) is 6.46. The van der Waals surface area contributed by atoms with Gasteiger partial charge in [-0.25, -0.2) is 0 Å². The van der Waals surface area contributed by atoms with E-state index in [-0.39, 0.29) is 12.5 Å². The van der Waals surface area contributed by atoms with Crippen LogP contribution in [0.4, 0.5) is 5.69 Å². The van der Waals surface area contributed by atoms with Crippen LogP contribution >= 0.6 is 0 Å². The van der Waals surface area contributed by atoms with Gasteiger partial charge >= 0.3 is 0 Å². The average molecular weight is 356 g/mol. The van der Waals surface area contributed by atoms with E-state index in [9.17, 15) is 4.79 Å². The quantitative estimate of drug-likeness (QED) is 0.701. The first-order valence-electron chi connectivity index (χ1n) is 8.80. The van der Waals surface area contributed by atoms with Crippen LogP contribution < -0.4 is 19.7 Å². The van der Waals surface area contributed by atoms with E-state index in [2.05, 4.69) is 34.5 Å². The van der Waals surface area contributed by atoms with Gasteiger partial charge in [-0.05, 0) is 55.2 Å². The molecule has 0 aliphatic heterocycles. The van der Waals surface area contributed by atoms with Gasteiger partial charge in [0.1, 0.15) is 0 Å².